The Labute approximate surface area is 115 Å². The molecule has 2 saturated carbocycles. The van der Waals surface area contributed by atoms with Gasteiger partial charge in [0.05, 0.1) is 5.60 Å². The number of nitrogens with one attached hydrogen (secondary N) is 2. The summed E-state index contributed by atoms with van der Waals surface area (Å²) in [5.41, 5.74) is -0.673. The quantitative estimate of drug-likeness (QED) is 0.676. The van der Waals surface area contributed by atoms with Crippen molar-refractivity contribution in [1.82, 2.24) is 15.5 Å². The van der Waals surface area contributed by atoms with Crippen LogP contribution in [0.1, 0.15) is 45.4 Å². The fraction of sp³-hybridized carbons (Fsp3) is 0.929. The largest absolute Gasteiger partial charge is 0.388 e. The average Bonchev–Trinajstić information content (AvgIpc) is 3.16. The van der Waals surface area contributed by atoms with Gasteiger partial charge in [-0.3, -0.25) is 4.90 Å². The van der Waals surface area contributed by atoms with Crippen LogP contribution in [-0.4, -0.2) is 53.9 Å². The summed E-state index contributed by atoms with van der Waals surface area (Å²) in [6, 6.07) is 0.892. The Morgan fingerprint density at radius 1 is 1.37 bits per heavy atom. The molecule has 0 aliphatic heterocycles. The van der Waals surface area contributed by atoms with E-state index in [1.165, 1.54) is 12.8 Å². The summed E-state index contributed by atoms with van der Waals surface area (Å²) >= 11 is 0. The molecule has 0 saturated heterocycles. The van der Waals surface area contributed by atoms with Crippen LogP contribution < -0.4 is 10.6 Å². The summed E-state index contributed by atoms with van der Waals surface area (Å²) in [6.45, 7) is 3.14. The normalized spacial score (nSPS) is 23.4. The molecule has 0 radical (unpaired) electrons. The molecule has 2 aliphatic carbocycles. The van der Waals surface area contributed by atoms with Gasteiger partial charge in [0.1, 0.15) is 0 Å². The molecule has 5 nitrogen and oxygen atoms in total. The van der Waals surface area contributed by atoms with Crippen LogP contribution in [-0.2, 0) is 0 Å². The average molecular weight is 269 g/mol. The zero-order valence-electron chi connectivity index (χ0n) is 12.1. The Bertz CT molecular complexity index is 312. The maximum atomic E-state index is 11.7. The van der Waals surface area contributed by atoms with Gasteiger partial charge in [0.15, 0.2) is 0 Å². The first-order valence-corrected chi connectivity index (χ1v) is 7.46. The second-order valence-corrected chi connectivity index (χ2v) is 6.24. The number of nitrogens with zero attached hydrogens (tertiary/aromatic N) is 1. The molecule has 2 rings (SSSR count). The Hall–Kier alpha value is -0.810. The first-order valence-electron chi connectivity index (χ1n) is 7.46. The summed E-state index contributed by atoms with van der Waals surface area (Å²) in [5, 5.41) is 15.8. The van der Waals surface area contributed by atoms with E-state index in [-0.39, 0.29) is 6.03 Å². The lowest BCUT2D eigenvalue weighted by Gasteiger charge is -2.26. The van der Waals surface area contributed by atoms with Gasteiger partial charge in [0.2, 0.25) is 0 Å². The predicted molar refractivity (Wildman–Crippen MR) is 75.1 cm³/mol. The summed E-state index contributed by atoms with van der Waals surface area (Å²) in [6.07, 6.45) is 6.27. The highest BCUT2D eigenvalue weighted by Gasteiger charge is 2.31. The van der Waals surface area contributed by atoms with Crippen LogP contribution in [0.25, 0.3) is 0 Å². The SMILES string of the molecule is CC(CNC(=O)NCC1(O)CCCC1)N(C)C1CC1. The zero-order valence-corrected chi connectivity index (χ0v) is 12.1. The standard InChI is InChI=1S/C14H27N3O2/c1-11(17(2)12-5-6-12)9-15-13(18)16-10-14(19)7-3-4-8-14/h11-12,19H,3-10H2,1-2H3,(H2,15,16,18). The zero-order chi connectivity index (χ0) is 13.9. The van der Waals surface area contributed by atoms with Gasteiger partial charge < -0.3 is 15.7 Å². The van der Waals surface area contributed by atoms with Gasteiger partial charge in [-0.2, -0.15) is 0 Å². The number of carbonyl (C=O) groups is 1. The maximum absolute atomic E-state index is 11.7. The molecule has 0 bridgehead atoms. The van der Waals surface area contributed by atoms with Gasteiger partial charge in [0, 0.05) is 25.2 Å². The molecule has 0 aromatic carbocycles. The number of aliphatic hydroxyl groups is 1. The smallest absolute Gasteiger partial charge is 0.314 e. The van der Waals surface area contributed by atoms with E-state index in [0.717, 1.165) is 25.7 Å². The molecule has 2 fully saturated rings. The molecule has 1 atom stereocenters. The third-order valence-electron chi connectivity index (χ3n) is 4.49. The predicted octanol–water partition coefficient (Wildman–Crippen LogP) is 1.07. The van der Waals surface area contributed by atoms with Gasteiger partial charge >= 0.3 is 6.03 Å². The molecule has 3 N–H and O–H groups in total. The van der Waals surface area contributed by atoms with Crippen molar-refractivity contribution in [3.05, 3.63) is 0 Å². The van der Waals surface area contributed by atoms with Crippen LogP contribution in [0, 0.1) is 0 Å². The Balaban J connectivity index is 1.61. The second kappa shape index (κ2) is 6.09. The monoisotopic (exact) mass is 269 g/mol. The molecular weight excluding hydrogens is 242 g/mol. The van der Waals surface area contributed by atoms with Crippen molar-refractivity contribution < 1.29 is 9.90 Å². The lowest BCUT2D eigenvalue weighted by molar-refractivity contribution is 0.0500. The second-order valence-electron chi connectivity index (χ2n) is 6.24. The van der Waals surface area contributed by atoms with Crippen LogP contribution >= 0.6 is 0 Å². The minimum atomic E-state index is -0.673. The van der Waals surface area contributed by atoms with Crippen molar-refractivity contribution >= 4 is 6.03 Å². The molecule has 0 aromatic heterocycles. The highest BCUT2D eigenvalue weighted by atomic mass is 16.3. The van der Waals surface area contributed by atoms with Crippen LogP contribution in [0.15, 0.2) is 0 Å². The van der Waals surface area contributed by atoms with Crippen molar-refractivity contribution in [1.29, 1.82) is 0 Å². The third-order valence-corrected chi connectivity index (χ3v) is 4.49. The van der Waals surface area contributed by atoms with Crippen LogP contribution in [0.2, 0.25) is 0 Å². The summed E-state index contributed by atoms with van der Waals surface area (Å²) in [7, 11) is 2.11. The van der Waals surface area contributed by atoms with E-state index >= 15 is 0 Å². The highest BCUT2D eigenvalue weighted by Crippen LogP contribution is 2.28. The molecule has 1 unspecified atom stereocenters. The van der Waals surface area contributed by atoms with Crippen LogP contribution in [0.3, 0.4) is 0 Å². The van der Waals surface area contributed by atoms with Crippen molar-refractivity contribution in [3.8, 4) is 0 Å². The first-order chi connectivity index (χ1) is 9.00. The molecule has 0 spiro atoms. The van der Waals surface area contributed by atoms with E-state index in [9.17, 15) is 9.90 Å². The minimum Gasteiger partial charge on any atom is -0.388 e. The van der Waals surface area contributed by atoms with Gasteiger partial charge in [-0.15, -0.1) is 0 Å². The van der Waals surface area contributed by atoms with Crippen LogP contribution in [0.4, 0.5) is 4.79 Å². The fourth-order valence-corrected chi connectivity index (χ4v) is 2.74. The van der Waals surface area contributed by atoms with Crippen molar-refractivity contribution in [2.45, 2.75) is 63.1 Å². The van der Waals surface area contributed by atoms with Crippen molar-refractivity contribution in [2.24, 2.45) is 0 Å². The number of urea groups is 1. The number of amides is 2. The van der Waals surface area contributed by atoms with Crippen molar-refractivity contribution in [3.63, 3.8) is 0 Å². The van der Waals surface area contributed by atoms with Gasteiger partial charge in [-0.25, -0.2) is 4.79 Å². The van der Waals surface area contributed by atoms with E-state index in [4.69, 9.17) is 0 Å². The Kier molecular flexibility index (Phi) is 4.68. The molecular formula is C14H27N3O2. The molecule has 2 amide bonds. The van der Waals surface area contributed by atoms with E-state index in [0.29, 0.717) is 25.2 Å². The molecule has 110 valence electrons. The van der Waals surface area contributed by atoms with E-state index in [2.05, 4.69) is 29.5 Å². The Morgan fingerprint density at radius 2 is 2.00 bits per heavy atom. The number of carbonyl (C=O) groups excluding carboxylic acids is 1. The summed E-state index contributed by atoms with van der Waals surface area (Å²) in [4.78, 5) is 14.0. The fourth-order valence-electron chi connectivity index (χ4n) is 2.74. The van der Waals surface area contributed by atoms with Crippen LogP contribution in [0.5, 0.6) is 0 Å². The summed E-state index contributed by atoms with van der Waals surface area (Å²) < 4.78 is 0. The Morgan fingerprint density at radius 3 is 2.58 bits per heavy atom. The van der Waals surface area contributed by atoms with E-state index in [1.807, 2.05) is 0 Å². The van der Waals surface area contributed by atoms with Crippen molar-refractivity contribution in [2.75, 3.05) is 20.1 Å². The number of hydrogen-bond donors (Lipinski definition) is 3. The number of likely N-dealkylation sites (N-methyl/N-ethyl adjacent to an activating group) is 1. The number of rotatable bonds is 6. The molecule has 2 aliphatic rings. The lowest BCUT2D eigenvalue weighted by atomic mass is 10.0. The number of hydrogen-bond acceptors (Lipinski definition) is 3. The molecule has 0 aromatic rings. The third kappa shape index (κ3) is 4.35. The first kappa shape index (κ1) is 14.6. The topological polar surface area (TPSA) is 64.6 Å². The van der Waals surface area contributed by atoms with Gasteiger partial charge in [-0.1, -0.05) is 12.8 Å². The lowest BCUT2D eigenvalue weighted by Crippen LogP contribution is -2.48. The van der Waals surface area contributed by atoms with Gasteiger partial charge in [-0.05, 0) is 39.7 Å². The van der Waals surface area contributed by atoms with E-state index < -0.39 is 5.60 Å². The highest BCUT2D eigenvalue weighted by molar-refractivity contribution is 5.73. The van der Waals surface area contributed by atoms with E-state index in [1.54, 1.807) is 0 Å². The minimum absolute atomic E-state index is 0.170. The molecule has 19 heavy (non-hydrogen) atoms. The van der Waals surface area contributed by atoms with Gasteiger partial charge in [0.25, 0.3) is 0 Å². The molecule has 5 heteroatoms. The maximum Gasteiger partial charge on any atom is 0.314 e. The summed E-state index contributed by atoms with van der Waals surface area (Å²) in [5.74, 6) is 0. The molecule has 0 heterocycles.